The Bertz CT molecular complexity index is 627. The van der Waals surface area contributed by atoms with Gasteiger partial charge in [0.05, 0.1) is 23.9 Å². The van der Waals surface area contributed by atoms with Crippen LogP contribution >= 0.6 is 0 Å². The number of H-pyrrole nitrogens is 1. The molecule has 0 aliphatic rings. The van der Waals surface area contributed by atoms with E-state index in [0.717, 1.165) is 12.1 Å². The number of hydrogen-bond donors (Lipinski definition) is 1. The van der Waals surface area contributed by atoms with Gasteiger partial charge in [-0.2, -0.15) is 13.2 Å². The van der Waals surface area contributed by atoms with Gasteiger partial charge < -0.3 is 9.72 Å². The van der Waals surface area contributed by atoms with Gasteiger partial charge >= 0.3 is 12.1 Å². The number of halogens is 3. The summed E-state index contributed by atoms with van der Waals surface area (Å²) in [6, 6.07) is 4.60. The number of benzene rings is 1. The normalized spacial score (nSPS) is 11.4. The number of ether oxygens (including phenoxy) is 1. The fourth-order valence-corrected chi connectivity index (χ4v) is 1.94. The molecule has 0 unspecified atom stereocenters. The van der Waals surface area contributed by atoms with Crippen molar-refractivity contribution in [1.82, 2.24) is 4.98 Å². The molecule has 0 spiro atoms. The number of aromatic nitrogens is 1. The van der Waals surface area contributed by atoms with Crippen LogP contribution in [0.15, 0.2) is 30.5 Å². The summed E-state index contributed by atoms with van der Waals surface area (Å²) < 4.78 is 42.2. The first-order valence-corrected chi connectivity index (χ1v) is 5.78. The predicted octanol–water partition coefficient (Wildman–Crippen LogP) is 3.80. The third kappa shape index (κ3) is 2.54. The predicted molar refractivity (Wildman–Crippen MR) is 67.3 cm³/mol. The highest BCUT2D eigenvalue weighted by atomic mass is 19.4. The van der Waals surface area contributed by atoms with Gasteiger partial charge in [0.2, 0.25) is 0 Å². The van der Waals surface area contributed by atoms with E-state index in [-0.39, 0.29) is 0 Å². The van der Waals surface area contributed by atoms with Crippen molar-refractivity contribution in [2.45, 2.75) is 13.1 Å². The van der Waals surface area contributed by atoms with E-state index in [1.807, 2.05) is 0 Å². The lowest BCUT2D eigenvalue weighted by atomic mass is 10.0. The molecule has 0 aliphatic carbocycles. The Morgan fingerprint density at radius 2 is 1.80 bits per heavy atom. The molecule has 0 radical (unpaired) electrons. The van der Waals surface area contributed by atoms with Crippen molar-refractivity contribution < 1.29 is 22.7 Å². The third-order valence-corrected chi connectivity index (χ3v) is 2.97. The topological polar surface area (TPSA) is 42.1 Å². The summed E-state index contributed by atoms with van der Waals surface area (Å²) in [6.45, 7) is 1.72. The van der Waals surface area contributed by atoms with Gasteiger partial charge in [-0.05, 0) is 30.2 Å². The van der Waals surface area contributed by atoms with E-state index >= 15 is 0 Å². The number of esters is 1. The number of hydrogen-bond acceptors (Lipinski definition) is 2. The van der Waals surface area contributed by atoms with Gasteiger partial charge in [-0.3, -0.25) is 0 Å². The molecule has 0 aliphatic heterocycles. The molecule has 1 aromatic heterocycles. The summed E-state index contributed by atoms with van der Waals surface area (Å²) in [5, 5.41) is 0. The van der Waals surface area contributed by atoms with Crippen molar-refractivity contribution in [2.75, 3.05) is 7.11 Å². The molecule has 0 saturated carbocycles. The maximum atomic E-state index is 12.5. The molecule has 3 nitrogen and oxygen atoms in total. The Balaban J connectivity index is 2.45. The third-order valence-electron chi connectivity index (χ3n) is 2.97. The second kappa shape index (κ2) is 5.03. The quantitative estimate of drug-likeness (QED) is 0.852. The molecule has 0 atom stereocenters. The minimum atomic E-state index is -4.38. The lowest BCUT2D eigenvalue weighted by molar-refractivity contribution is -0.137. The zero-order valence-electron chi connectivity index (χ0n) is 10.8. The first-order valence-electron chi connectivity index (χ1n) is 5.78. The highest BCUT2D eigenvalue weighted by molar-refractivity contribution is 5.97. The number of alkyl halides is 3. The van der Waals surface area contributed by atoms with Crippen LogP contribution in [0.25, 0.3) is 11.3 Å². The molecule has 1 heterocycles. The highest BCUT2D eigenvalue weighted by Gasteiger charge is 2.30. The second-order valence-electron chi connectivity index (χ2n) is 4.29. The van der Waals surface area contributed by atoms with Crippen LogP contribution in [0, 0.1) is 6.92 Å². The lowest BCUT2D eigenvalue weighted by Crippen LogP contribution is -2.05. The van der Waals surface area contributed by atoms with Crippen LogP contribution in [0.4, 0.5) is 13.2 Å². The smallest absolute Gasteiger partial charge is 0.416 e. The van der Waals surface area contributed by atoms with Crippen LogP contribution in [0.2, 0.25) is 0 Å². The zero-order chi connectivity index (χ0) is 14.9. The molecule has 2 rings (SSSR count). The number of aromatic amines is 1. The summed E-state index contributed by atoms with van der Waals surface area (Å²) in [5.41, 5.74) is 1.21. The molecule has 0 amide bonds. The van der Waals surface area contributed by atoms with E-state index in [2.05, 4.69) is 9.72 Å². The summed E-state index contributed by atoms with van der Waals surface area (Å²) in [6.07, 6.45) is -2.77. The molecule has 0 bridgehead atoms. The number of carbonyl (C=O) groups excluding carboxylic acids is 1. The number of rotatable bonds is 2. The molecule has 20 heavy (non-hydrogen) atoms. The minimum absolute atomic E-state index is 0.326. The van der Waals surface area contributed by atoms with E-state index in [9.17, 15) is 18.0 Å². The average Bonchev–Trinajstić information content (AvgIpc) is 2.79. The molecule has 106 valence electrons. The van der Waals surface area contributed by atoms with Crippen LogP contribution in [0.3, 0.4) is 0 Å². The minimum Gasteiger partial charge on any atom is -0.465 e. The van der Waals surface area contributed by atoms with Crippen molar-refractivity contribution in [1.29, 1.82) is 0 Å². The van der Waals surface area contributed by atoms with Gasteiger partial charge in [-0.15, -0.1) is 0 Å². The summed E-state index contributed by atoms with van der Waals surface area (Å²) in [7, 11) is 1.26. The van der Waals surface area contributed by atoms with Gasteiger partial charge in [-0.25, -0.2) is 4.79 Å². The van der Waals surface area contributed by atoms with Crippen molar-refractivity contribution in [3.05, 3.63) is 47.2 Å². The Morgan fingerprint density at radius 1 is 1.20 bits per heavy atom. The van der Waals surface area contributed by atoms with Crippen molar-refractivity contribution >= 4 is 5.97 Å². The van der Waals surface area contributed by atoms with Gasteiger partial charge in [0, 0.05) is 6.20 Å². The molecule has 0 saturated heterocycles. The Morgan fingerprint density at radius 3 is 2.30 bits per heavy atom. The molecular weight excluding hydrogens is 271 g/mol. The maximum Gasteiger partial charge on any atom is 0.416 e. The standard InChI is InChI=1S/C14H12F3NO2/c1-8-7-18-12(11(8)13(19)20-2)9-3-5-10(6-4-9)14(15,16)17/h3-7,18H,1-2H3. The molecule has 0 fully saturated rings. The Kier molecular flexibility index (Phi) is 3.57. The molecule has 6 heteroatoms. The number of carbonyl (C=O) groups is 1. The van der Waals surface area contributed by atoms with Gasteiger partial charge in [0.1, 0.15) is 0 Å². The number of aryl methyl sites for hydroxylation is 1. The van der Waals surface area contributed by atoms with Crippen molar-refractivity contribution in [3.63, 3.8) is 0 Å². The van der Waals surface area contributed by atoms with Crippen LogP contribution in [0.5, 0.6) is 0 Å². The van der Waals surface area contributed by atoms with Crippen LogP contribution in [-0.2, 0) is 10.9 Å². The number of methoxy groups -OCH3 is 1. The SMILES string of the molecule is COC(=O)c1c(C)c[nH]c1-c1ccc(C(F)(F)F)cc1. The Hall–Kier alpha value is -2.24. The second-order valence-corrected chi connectivity index (χ2v) is 4.29. The molecule has 1 aromatic carbocycles. The molecular formula is C14H12F3NO2. The van der Waals surface area contributed by atoms with Crippen LogP contribution in [-0.4, -0.2) is 18.1 Å². The Labute approximate surface area is 113 Å². The van der Waals surface area contributed by atoms with Gasteiger partial charge in [-0.1, -0.05) is 12.1 Å². The van der Waals surface area contributed by atoms with E-state index in [4.69, 9.17) is 0 Å². The first kappa shape index (κ1) is 14.2. The monoisotopic (exact) mass is 283 g/mol. The van der Waals surface area contributed by atoms with E-state index in [1.54, 1.807) is 13.1 Å². The number of nitrogens with one attached hydrogen (secondary N) is 1. The lowest BCUT2D eigenvalue weighted by Gasteiger charge is -2.08. The fraction of sp³-hybridized carbons (Fsp3) is 0.214. The largest absolute Gasteiger partial charge is 0.465 e. The van der Waals surface area contributed by atoms with E-state index < -0.39 is 17.7 Å². The van der Waals surface area contributed by atoms with Gasteiger partial charge in [0.15, 0.2) is 0 Å². The van der Waals surface area contributed by atoms with Gasteiger partial charge in [0.25, 0.3) is 0 Å². The van der Waals surface area contributed by atoms with Crippen LogP contribution < -0.4 is 0 Å². The summed E-state index contributed by atoms with van der Waals surface area (Å²) in [4.78, 5) is 14.6. The molecule has 2 aromatic rings. The van der Waals surface area contributed by atoms with Crippen molar-refractivity contribution in [2.24, 2.45) is 0 Å². The zero-order valence-corrected chi connectivity index (χ0v) is 10.8. The summed E-state index contributed by atoms with van der Waals surface area (Å²) >= 11 is 0. The van der Waals surface area contributed by atoms with E-state index in [0.29, 0.717) is 22.4 Å². The molecule has 1 N–H and O–H groups in total. The first-order chi connectivity index (χ1) is 9.34. The van der Waals surface area contributed by atoms with E-state index in [1.165, 1.54) is 19.2 Å². The maximum absolute atomic E-state index is 12.5. The fourth-order valence-electron chi connectivity index (χ4n) is 1.94. The summed E-state index contributed by atoms with van der Waals surface area (Å²) in [5.74, 6) is -0.529. The van der Waals surface area contributed by atoms with Crippen LogP contribution in [0.1, 0.15) is 21.5 Å². The average molecular weight is 283 g/mol. The highest BCUT2D eigenvalue weighted by Crippen LogP contribution is 2.32. The van der Waals surface area contributed by atoms with Crippen molar-refractivity contribution in [3.8, 4) is 11.3 Å².